The summed E-state index contributed by atoms with van der Waals surface area (Å²) in [5, 5.41) is 2.06. The van der Waals surface area contributed by atoms with E-state index >= 15 is 0 Å². The lowest BCUT2D eigenvalue weighted by Gasteiger charge is -2.25. The number of benzene rings is 1. The molecule has 0 saturated carbocycles. The summed E-state index contributed by atoms with van der Waals surface area (Å²) in [6.45, 7) is 1.63. The standard InChI is InChI=1S/C14H15F2NO2/c1-9-7-11(13(16)17-12(9)15)14(18)19-8-10-5-3-2-4-6-10/h2-7,9,12-13,17H,8H2,1H3. The summed E-state index contributed by atoms with van der Waals surface area (Å²) in [4.78, 5) is 11.7. The summed E-state index contributed by atoms with van der Waals surface area (Å²) in [5.41, 5.74) is 0.643. The Kier molecular flexibility index (Phi) is 4.27. The van der Waals surface area contributed by atoms with Crippen LogP contribution in [0, 0.1) is 5.92 Å². The van der Waals surface area contributed by atoms with E-state index in [1.54, 1.807) is 19.1 Å². The quantitative estimate of drug-likeness (QED) is 0.675. The highest BCUT2D eigenvalue weighted by Crippen LogP contribution is 2.21. The summed E-state index contributed by atoms with van der Waals surface area (Å²) in [7, 11) is 0. The van der Waals surface area contributed by atoms with Crippen LogP contribution in [0.25, 0.3) is 0 Å². The average molecular weight is 267 g/mol. The minimum Gasteiger partial charge on any atom is -0.457 e. The SMILES string of the molecule is CC1C=C(C(=O)OCc2ccccc2)C(F)NC1F. The third-order valence-corrected chi connectivity index (χ3v) is 2.93. The molecule has 0 aliphatic carbocycles. The number of hydrogen-bond acceptors (Lipinski definition) is 3. The molecular formula is C14H15F2NO2. The number of nitrogens with one attached hydrogen (secondary N) is 1. The largest absolute Gasteiger partial charge is 0.457 e. The first-order valence-electron chi connectivity index (χ1n) is 6.05. The first kappa shape index (κ1) is 13.7. The Morgan fingerprint density at radius 3 is 2.68 bits per heavy atom. The Morgan fingerprint density at radius 1 is 1.32 bits per heavy atom. The van der Waals surface area contributed by atoms with Crippen molar-refractivity contribution in [2.45, 2.75) is 26.1 Å². The maximum Gasteiger partial charge on any atom is 0.338 e. The first-order chi connectivity index (χ1) is 9.08. The molecule has 1 heterocycles. The van der Waals surface area contributed by atoms with Gasteiger partial charge in [-0.05, 0) is 5.56 Å². The molecular weight excluding hydrogens is 252 g/mol. The monoisotopic (exact) mass is 267 g/mol. The van der Waals surface area contributed by atoms with E-state index in [9.17, 15) is 13.6 Å². The summed E-state index contributed by atoms with van der Waals surface area (Å²) < 4.78 is 31.7. The molecule has 3 atom stereocenters. The van der Waals surface area contributed by atoms with E-state index in [1.165, 1.54) is 6.08 Å². The molecule has 0 fully saturated rings. The van der Waals surface area contributed by atoms with Gasteiger partial charge in [0.1, 0.15) is 6.61 Å². The molecule has 0 radical (unpaired) electrons. The van der Waals surface area contributed by atoms with Crippen molar-refractivity contribution in [1.82, 2.24) is 5.32 Å². The number of rotatable bonds is 3. The summed E-state index contributed by atoms with van der Waals surface area (Å²) >= 11 is 0. The lowest BCUT2D eigenvalue weighted by atomic mass is 10.0. The molecule has 0 saturated heterocycles. The van der Waals surface area contributed by atoms with Crippen molar-refractivity contribution < 1.29 is 18.3 Å². The minimum absolute atomic E-state index is 0.0666. The molecule has 1 aliphatic heterocycles. The van der Waals surface area contributed by atoms with Crippen LogP contribution in [0.4, 0.5) is 8.78 Å². The number of carbonyl (C=O) groups excluding carboxylic acids is 1. The smallest absolute Gasteiger partial charge is 0.338 e. The molecule has 1 aromatic carbocycles. The van der Waals surface area contributed by atoms with Crippen LogP contribution in [0.3, 0.4) is 0 Å². The first-order valence-corrected chi connectivity index (χ1v) is 6.05. The molecule has 0 amide bonds. The second kappa shape index (κ2) is 5.93. The number of ether oxygens (including phenoxy) is 1. The van der Waals surface area contributed by atoms with Gasteiger partial charge in [-0.25, -0.2) is 13.6 Å². The molecule has 2 rings (SSSR count). The van der Waals surface area contributed by atoms with Crippen molar-refractivity contribution in [1.29, 1.82) is 0 Å². The van der Waals surface area contributed by atoms with Gasteiger partial charge in [-0.15, -0.1) is 0 Å². The van der Waals surface area contributed by atoms with Crippen molar-refractivity contribution >= 4 is 5.97 Å². The molecule has 3 nitrogen and oxygen atoms in total. The molecule has 0 spiro atoms. The van der Waals surface area contributed by atoms with Gasteiger partial charge in [0, 0.05) is 5.92 Å². The fraction of sp³-hybridized carbons (Fsp3) is 0.357. The zero-order valence-corrected chi connectivity index (χ0v) is 10.5. The van der Waals surface area contributed by atoms with Crippen molar-refractivity contribution in [3.05, 3.63) is 47.5 Å². The number of hydrogen-bond donors (Lipinski definition) is 1. The zero-order valence-electron chi connectivity index (χ0n) is 10.5. The third kappa shape index (κ3) is 3.38. The second-order valence-corrected chi connectivity index (χ2v) is 4.47. The highest BCUT2D eigenvalue weighted by molar-refractivity contribution is 5.89. The van der Waals surface area contributed by atoms with Crippen LogP contribution < -0.4 is 5.32 Å². The molecule has 1 aliphatic rings. The summed E-state index contributed by atoms with van der Waals surface area (Å²) in [6.07, 6.45) is -2.03. The van der Waals surface area contributed by atoms with Crippen LogP contribution in [-0.4, -0.2) is 18.6 Å². The van der Waals surface area contributed by atoms with Gasteiger partial charge >= 0.3 is 5.97 Å². The van der Waals surface area contributed by atoms with Gasteiger partial charge in [0.05, 0.1) is 5.57 Å². The van der Waals surface area contributed by atoms with E-state index in [1.807, 2.05) is 18.2 Å². The summed E-state index contributed by atoms with van der Waals surface area (Å²) in [5.74, 6) is -1.33. The Hall–Kier alpha value is -1.75. The number of halogens is 2. The molecule has 0 aromatic heterocycles. The fourth-order valence-electron chi connectivity index (χ4n) is 1.81. The number of carbonyl (C=O) groups is 1. The number of esters is 1. The highest BCUT2D eigenvalue weighted by Gasteiger charge is 2.32. The van der Waals surface area contributed by atoms with Crippen LogP contribution in [0.1, 0.15) is 12.5 Å². The van der Waals surface area contributed by atoms with Gasteiger partial charge in [0.2, 0.25) is 0 Å². The van der Waals surface area contributed by atoms with Crippen molar-refractivity contribution in [3.63, 3.8) is 0 Å². The van der Waals surface area contributed by atoms with Gasteiger partial charge in [-0.3, -0.25) is 5.32 Å². The lowest BCUT2D eigenvalue weighted by molar-refractivity contribution is -0.141. The van der Waals surface area contributed by atoms with Gasteiger partial charge in [0.25, 0.3) is 0 Å². The van der Waals surface area contributed by atoms with E-state index < -0.39 is 24.5 Å². The molecule has 19 heavy (non-hydrogen) atoms. The highest BCUT2D eigenvalue weighted by atomic mass is 19.2. The number of alkyl halides is 2. The molecule has 3 unspecified atom stereocenters. The fourth-order valence-corrected chi connectivity index (χ4v) is 1.81. The Bertz CT molecular complexity index is 476. The van der Waals surface area contributed by atoms with E-state index in [0.29, 0.717) is 0 Å². The molecule has 1 aromatic rings. The molecule has 102 valence electrons. The van der Waals surface area contributed by atoms with Crippen LogP contribution in [0.5, 0.6) is 0 Å². The van der Waals surface area contributed by atoms with Crippen LogP contribution >= 0.6 is 0 Å². The van der Waals surface area contributed by atoms with Crippen LogP contribution in [-0.2, 0) is 16.1 Å². The van der Waals surface area contributed by atoms with Crippen LogP contribution in [0.15, 0.2) is 42.0 Å². The minimum atomic E-state index is -1.82. The Balaban J connectivity index is 1.98. The van der Waals surface area contributed by atoms with Crippen molar-refractivity contribution in [2.24, 2.45) is 5.92 Å². The van der Waals surface area contributed by atoms with E-state index in [0.717, 1.165) is 5.56 Å². The zero-order chi connectivity index (χ0) is 13.8. The topological polar surface area (TPSA) is 38.3 Å². The van der Waals surface area contributed by atoms with Gasteiger partial charge in [0.15, 0.2) is 12.6 Å². The molecule has 1 N–H and O–H groups in total. The lowest BCUT2D eigenvalue weighted by Crippen LogP contribution is -2.43. The predicted molar refractivity (Wildman–Crippen MR) is 66.4 cm³/mol. The predicted octanol–water partition coefficient (Wildman–Crippen LogP) is 2.49. The maximum absolute atomic E-state index is 13.5. The van der Waals surface area contributed by atoms with Gasteiger partial charge < -0.3 is 4.74 Å². The van der Waals surface area contributed by atoms with Crippen molar-refractivity contribution in [3.8, 4) is 0 Å². The van der Waals surface area contributed by atoms with Gasteiger partial charge in [-0.1, -0.05) is 43.3 Å². The average Bonchev–Trinajstić information content (AvgIpc) is 2.41. The molecule has 0 bridgehead atoms. The van der Waals surface area contributed by atoms with E-state index in [2.05, 4.69) is 5.32 Å². The van der Waals surface area contributed by atoms with Crippen LogP contribution in [0.2, 0.25) is 0 Å². The molecule has 5 heteroatoms. The third-order valence-electron chi connectivity index (χ3n) is 2.93. The van der Waals surface area contributed by atoms with E-state index in [4.69, 9.17) is 4.74 Å². The van der Waals surface area contributed by atoms with E-state index in [-0.39, 0.29) is 12.2 Å². The Morgan fingerprint density at radius 2 is 2.00 bits per heavy atom. The normalized spacial score (nSPS) is 26.7. The second-order valence-electron chi connectivity index (χ2n) is 4.47. The van der Waals surface area contributed by atoms with Gasteiger partial charge in [-0.2, -0.15) is 0 Å². The van der Waals surface area contributed by atoms with Crippen molar-refractivity contribution in [2.75, 3.05) is 0 Å². The maximum atomic E-state index is 13.5. The Labute approximate surface area is 110 Å². The summed E-state index contributed by atoms with van der Waals surface area (Å²) in [6, 6.07) is 9.08.